The van der Waals surface area contributed by atoms with Crippen molar-refractivity contribution >= 4 is 5.91 Å². The number of ether oxygens (including phenoxy) is 1. The van der Waals surface area contributed by atoms with Gasteiger partial charge in [-0.2, -0.15) is 0 Å². The third-order valence-electron chi connectivity index (χ3n) is 4.92. The fourth-order valence-electron chi connectivity index (χ4n) is 3.66. The van der Waals surface area contributed by atoms with Crippen molar-refractivity contribution in [1.82, 2.24) is 9.80 Å². The smallest absolute Gasteiger partial charge is 0.248 e. The fraction of sp³-hybridized carbons (Fsp3) is 0.611. The molecule has 1 spiro atoms. The minimum atomic E-state index is -0.199. The van der Waals surface area contributed by atoms with Crippen LogP contribution < -0.4 is 0 Å². The lowest BCUT2D eigenvalue weighted by Gasteiger charge is -2.34. The first-order chi connectivity index (χ1) is 11.0. The number of rotatable bonds is 3. The Bertz CT molecular complexity index is 561. The molecule has 1 amide bonds. The molecule has 2 aliphatic rings. The summed E-state index contributed by atoms with van der Waals surface area (Å²) in [4.78, 5) is 16.5. The Morgan fingerprint density at radius 3 is 2.70 bits per heavy atom. The van der Waals surface area contributed by atoms with Crippen LogP contribution in [0.2, 0.25) is 0 Å². The number of carbonyl (C=O) groups excluding carboxylic acids is 1. The Balaban J connectivity index is 1.67. The minimum Gasteiger partial charge on any atom is -0.371 e. The predicted molar refractivity (Wildman–Crippen MR) is 86.4 cm³/mol. The van der Waals surface area contributed by atoms with E-state index in [1.54, 1.807) is 0 Å². The molecule has 2 saturated heterocycles. The number of amides is 1. The lowest BCUT2D eigenvalue weighted by atomic mass is 9.87. The Hall–Kier alpha value is -1.46. The van der Waals surface area contributed by atoms with E-state index < -0.39 is 0 Å². The van der Waals surface area contributed by atoms with Crippen LogP contribution in [0.4, 0.5) is 4.39 Å². The van der Waals surface area contributed by atoms with E-state index in [-0.39, 0.29) is 29.8 Å². The second-order valence-electron chi connectivity index (χ2n) is 7.20. The molecule has 0 aromatic heterocycles. The van der Waals surface area contributed by atoms with E-state index in [2.05, 4.69) is 18.7 Å². The van der Waals surface area contributed by atoms with Gasteiger partial charge in [-0.05, 0) is 44.5 Å². The van der Waals surface area contributed by atoms with Crippen LogP contribution in [-0.4, -0.2) is 54.6 Å². The van der Waals surface area contributed by atoms with E-state index in [1.807, 2.05) is 17.0 Å². The molecule has 23 heavy (non-hydrogen) atoms. The molecule has 3 rings (SSSR count). The molecule has 2 heterocycles. The molecule has 5 heteroatoms. The number of nitrogens with zero attached hydrogens (tertiary/aromatic N) is 2. The van der Waals surface area contributed by atoms with Gasteiger partial charge in [-0.3, -0.25) is 9.69 Å². The molecule has 0 saturated carbocycles. The van der Waals surface area contributed by atoms with Crippen molar-refractivity contribution in [3.05, 3.63) is 35.6 Å². The maximum atomic E-state index is 13.0. The highest BCUT2D eigenvalue weighted by Gasteiger charge is 2.43. The van der Waals surface area contributed by atoms with E-state index in [1.165, 1.54) is 12.1 Å². The average Bonchev–Trinajstić information content (AvgIpc) is 2.81. The molecule has 0 N–H and O–H groups in total. The van der Waals surface area contributed by atoms with Gasteiger partial charge in [0.1, 0.15) is 12.4 Å². The van der Waals surface area contributed by atoms with E-state index in [9.17, 15) is 9.18 Å². The van der Waals surface area contributed by atoms with Crippen molar-refractivity contribution in [2.24, 2.45) is 5.41 Å². The molecule has 1 unspecified atom stereocenters. The summed E-state index contributed by atoms with van der Waals surface area (Å²) >= 11 is 0. The van der Waals surface area contributed by atoms with Gasteiger partial charge in [0.25, 0.3) is 0 Å². The Morgan fingerprint density at radius 2 is 2.00 bits per heavy atom. The van der Waals surface area contributed by atoms with Crippen LogP contribution in [0.1, 0.15) is 25.8 Å². The molecule has 0 aliphatic carbocycles. The number of likely N-dealkylation sites (tertiary alicyclic amines) is 1. The van der Waals surface area contributed by atoms with Gasteiger partial charge in [-0.1, -0.05) is 12.1 Å². The highest BCUT2D eigenvalue weighted by molar-refractivity contribution is 5.78. The zero-order valence-electron chi connectivity index (χ0n) is 13.9. The summed E-state index contributed by atoms with van der Waals surface area (Å²) in [7, 11) is 0. The van der Waals surface area contributed by atoms with Gasteiger partial charge in [0, 0.05) is 31.1 Å². The summed E-state index contributed by atoms with van der Waals surface area (Å²) < 4.78 is 18.7. The summed E-state index contributed by atoms with van der Waals surface area (Å²) in [6.45, 7) is 8.44. The highest BCUT2D eigenvalue weighted by Crippen LogP contribution is 2.34. The number of halogens is 1. The molecule has 0 bridgehead atoms. The molecular formula is C18H25FN2O2. The molecular weight excluding hydrogens is 295 g/mol. The Morgan fingerprint density at radius 1 is 1.26 bits per heavy atom. The predicted octanol–water partition coefficient (Wildman–Crippen LogP) is 2.29. The first kappa shape index (κ1) is 16.4. The molecule has 0 radical (unpaired) electrons. The van der Waals surface area contributed by atoms with Gasteiger partial charge >= 0.3 is 0 Å². The quantitative estimate of drug-likeness (QED) is 0.857. The Labute approximate surface area is 137 Å². The molecule has 2 aliphatic heterocycles. The second-order valence-corrected chi connectivity index (χ2v) is 7.20. The van der Waals surface area contributed by atoms with Crippen molar-refractivity contribution < 1.29 is 13.9 Å². The topological polar surface area (TPSA) is 32.8 Å². The second kappa shape index (κ2) is 6.57. The van der Waals surface area contributed by atoms with Crippen LogP contribution in [-0.2, 0) is 16.1 Å². The van der Waals surface area contributed by atoms with E-state index in [0.29, 0.717) is 6.61 Å². The van der Waals surface area contributed by atoms with Crippen LogP contribution in [0.3, 0.4) is 0 Å². The van der Waals surface area contributed by atoms with Crippen LogP contribution in [0.15, 0.2) is 24.3 Å². The lowest BCUT2D eigenvalue weighted by molar-refractivity contribution is -0.135. The van der Waals surface area contributed by atoms with Crippen LogP contribution in [0, 0.1) is 11.2 Å². The lowest BCUT2D eigenvalue weighted by Crippen LogP contribution is -2.45. The highest BCUT2D eigenvalue weighted by atomic mass is 19.1. The van der Waals surface area contributed by atoms with Gasteiger partial charge in [0.2, 0.25) is 5.91 Å². The summed E-state index contributed by atoms with van der Waals surface area (Å²) in [6.07, 6.45) is 1.03. The van der Waals surface area contributed by atoms with Crippen molar-refractivity contribution in [2.45, 2.75) is 32.9 Å². The number of hydrogen-bond acceptors (Lipinski definition) is 3. The average molecular weight is 320 g/mol. The molecule has 126 valence electrons. The normalized spacial score (nSPS) is 26.3. The summed E-state index contributed by atoms with van der Waals surface area (Å²) in [6, 6.07) is 6.90. The number of benzene rings is 1. The van der Waals surface area contributed by atoms with E-state index >= 15 is 0 Å². The van der Waals surface area contributed by atoms with Crippen molar-refractivity contribution in [3.8, 4) is 0 Å². The maximum Gasteiger partial charge on any atom is 0.248 e. The molecule has 1 aromatic carbocycles. The summed E-state index contributed by atoms with van der Waals surface area (Å²) in [5.74, 6) is -0.108. The molecule has 1 aromatic rings. The zero-order chi connectivity index (χ0) is 16.4. The third kappa shape index (κ3) is 3.72. The Kier molecular flexibility index (Phi) is 4.69. The maximum absolute atomic E-state index is 13.0. The van der Waals surface area contributed by atoms with Gasteiger partial charge in [0.15, 0.2) is 0 Å². The minimum absolute atomic E-state index is 0.0243. The van der Waals surface area contributed by atoms with Crippen LogP contribution in [0.5, 0.6) is 0 Å². The van der Waals surface area contributed by atoms with E-state index in [0.717, 1.165) is 38.2 Å². The van der Waals surface area contributed by atoms with Gasteiger partial charge in [0.05, 0.1) is 6.61 Å². The van der Waals surface area contributed by atoms with Crippen molar-refractivity contribution in [2.75, 3.05) is 32.8 Å². The summed E-state index contributed by atoms with van der Waals surface area (Å²) in [5.41, 5.74) is 1.14. The largest absolute Gasteiger partial charge is 0.371 e. The van der Waals surface area contributed by atoms with E-state index in [4.69, 9.17) is 4.74 Å². The standard InChI is InChI=1S/C18H25FN2O2/c1-14(2)21-12-18(13-23-10-17(21)22)7-8-20(11-18)9-15-3-5-16(19)6-4-15/h3-6,14H,7-13H2,1-2H3. The van der Waals surface area contributed by atoms with Crippen molar-refractivity contribution in [1.29, 1.82) is 0 Å². The third-order valence-corrected chi connectivity index (χ3v) is 4.92. The molecule has 2 fully saturated rings. The van der Waals surface area contributed by atoms with Crippen LogP contribution in [0.25, 0.3) is 0 Å². The number of carbonyl (C=O) groups is 1. The van der Waals surface area contributed by atoms with Gasteiger partial charge in [-0.15, -0.1) is 0 Å². The summed E-state index contributed by atoms with van der Waals surface area (Å²) in [5, 5.41) is 0. The molecule has 4 nitrogen and oxygen atoms in total. The van der Waals surface area contributed by atoms with Gasteiger partial charge < -0.3 is 9.64 Å². The first-order valence-electron chi connectivity index (χ1n) is 8.31. The molecule has 1 atom stereocenters. The number of hydrogen-bond donors (Lipinski definition) is 0. The monoisotopic (exact) mass is 320 g/mol. The van der Waals surface area contributed by atoms with Crippen LogP contribution >= 0.6 is 0 Å². The SMILES string of the molecule is CC(C)N1CC2(CCN(Cc3ccc(F)cc3)C2)COCC1=O. The fourth-order valence-corrected chi connectivity index (χ4v) is 3.66. The first-order valence-corrected chi connectivity index (χ1v) is 8.31. The zero-order valence-corrected chi connectivity index (χ0v) is 13.9. The van der Waals surface area contributed by atoms with Crippen molar-refractivity contribution in [3.63, 3.8) is 0 Å². The van der Waals surface area contributed by atoms with Gasteiger partial charge in [-0.25, -0.2) is 4.39 Å².